The van der Waals surface area contributed by atoms with Crippen molar-refractivity contribution in [2.45, 2.75) is 32.3 Å². The van der Waals surface area contributed by atoms with Crippen LogP contribution in [0.5, 0.6) is 5.75 Å². The number of aliphatic carboxylic acids is 1. The van der Waals surface area contributed by atoms with Crippen molar-refractivity contribution in [3.8, 4) is 5.75 Å². The number of carboxylic acid groups (broad SMARTS) is 1. The molecule has 2 aliphatic rings. The lowest BCUT2D eigenvalue weighted by atomic mass is 9.89. The molecule has 2 N–H and O–H groups in total. The summed E-state index contributed by atoms with van der Waals surface area (Å²) in [5.41, 5.74) is 5.69. The number of rotatable bonds is 5. The molecule has 29 heavy (non-hydrogen) atoms. The minimum absolute atomic E-state index is 0. The molecule has 1 aromatic carbocycles. The van der Waals surface area contributed by atoms with Gasteiger partial charge in [0.1, 0.15) is 12.4 Å². The number of halogens is 1. The van der Waals surface area contributed by atoms with E-state index in [9.17, 15) is 9.90 Å². The van der Waals surface area contributed by atoms with Crippen molar-refractivity contribution >= 4 is 35.3 Å². The van der Waals surface area contributed by atoms with Gasteiger partial charge in [-0.3, -0.25) is 4.79 Å². The lowest BCUT2D eigenvalue weighted by Crippen LogP contribution is -2.32. The summed E-state index contributed by atoms with van der Waals surface area (Å²) < 4.78 is 6.08. The number of hydrogen-bond acceptors (Lipinski definition) is 5. The molecule has 5 nitrogen and oxygen atoms in total. The van der Waals surface area contributed by atoms with Crippen molar-refractivity contribution < 1.29 is 19.7 Å². The molecule has 4 rings (SSSR count). The number of carbonyl (C=O) groups is 1. The van der Waals surface area contributed by atoms with Crippen LogP contribution in [-0.2, 0) is 17.8 Å². The summed E-state index contributed by atoms with van der Waals surface area (Å²) in [6.07, 6.45) is 2.81. The fraction of sp³-hybridized carbons (Fsp3) is 0.409. The fourth-order valence-electron chi connectivity index (χ4n) is 4.07. The van der Waals surface area contributed by atoms with E-state index in [1.807, 2.05) is 18.2 Å². The highest BCUT2D eigenvalue weighted by molar-refractivity contribution is 7.11. The van der Waals surface area contributed by atoms with Crippen molar-refractivity contribution in [3.05, 3.63) is 56.8 Å². The van der Waals surface area contributed by atoms with Gasteiger partial charge in [0.15, 0.2) is 0 Å². The van der Waals surface area contributed by atoms with E-state index in [4.69, 9.17) is 9.84 Å². The SMILES string of the molecule is Cl.O=C(O)Cc1ccc2c(c1)C(=C1CCN(CCCO)CC1)c1sccc1CO2. The van der Waals surface area contributed by atoms with Gasteiger partial charge in [-0.25, -0.2) is 0 Å². The van der Waals surface area contributed by atoms with Gasteiger partial charge in [-0.15, -0.1) is 23.7 Å². The van der Waals surface area contributed by atoms with E-state index in [1.54, 1.807) is 11.3 Å². The number of aliphatic hydroxyl groups is 1. The first-order chi connectivity index (χ1) is 13.7. The van der Waals surface area contributed by atoms with Crippen molar-refractivity contribution in [1.82, 2.24) is 4.90 Å². The summed E-state index contributed by atoms with van der Waals surface area (Å²) in [5.74, 6) is 0.0143. The van der Waals surface area contributed by atoms with Crippen LogP contribution in [0.15, 0.2) is 35.2 Å². The summed E-state index contributed by atoms with van der Waals surface area (Å²) in [7, 11) is 0. The molecule has 7 heteroatoms. The monoisotopic (exact) mass is 435 g/mol. The number of fused-ring (bicyclic) bond motifs is 2. The maximum Gasteiger partial charge on any atom is 0.307 e. The third kappa shape index (κ3) is 4.83. The van der Waals surface area contributed by atoms with Crippen LogP contribution in [0.3, 0.4) is 0 Å². The average Bonchev–Trinajstić information content (AvgIpc) is 3.09. The largest absolute Gasteiger partial charge is 0.488 e. The van der Waals surface area contributed by atoms with Crippen LogP contribution < -0.4 is 4.74 Å². The maximum absolute atomic E-state index is 11.2. The zero-order valence-corrected chi connectivity index (χ0v) is 17.9. The minimum atomic E-state index is -0.822. The lowest BCUT2D eigenvalue weighted by molar-refractivity contribution is -0.136. The third-order valence-corrected chi connectivity index (χ3v) is 6.45. The predicted molar refractivity (Wildman–Crippen MR) is 117 cm³/mol. The maximum atomic E-state index is 11.2. The second kappa shape index (κ2) is 9.76. The van der Waals surface area contributed by atoms with E-state index in [-0.39, 0.29) is 25.4 Å². The molecule has 2 aromatic rings. The van der Waals surface area contributed by atoms with Crippen LogP contribution >= 0.6 is 23.7 Å². The van der Waals surface area contributed by atoms with Gasteiger partial charge in [-0.2, -0.15) is 0 Å². The Bertz CT molecular complexity index is 898. The number of benzene rings is 1. The minimum Gasteiger partial charge on any atom is -0.488 e. The molecule has 1 fully saturated rings. The molecule has 0 unspecified atom stereocenters. The van der Waals surface area contributed by atoms with Crippen LogP contribution in [0.2, 0.25) is 0 Å². The lowest BCUT2D eigenvalue weighted by Gasteiger charge is -2.30. The number of likely N-dealkylation sites (tertiary alicyclic amines) is 1. The molecule has 156 valence electrons. The molecular weight excluding hydrogens is 410 g/mol. The van der Waals surface area contributed by atoms with E-state index in [0.29, 0.717) is 6.61 Å². The van der Waals surface area contributed by atoms with Crippen LogP contribution in [0.25, 0.3) is 5.57 Å². The Morgan fingerprint density at radius 3 is 2.72 bits per heavy atom. The predicted octanol–water partition coefficient (Wildman–Crippen LogP) is 3.97. The van der Waals surface area contributed by atoms with Gasteiger partial charge in [0.05, 0.1) is 6.42 Å². The first kappa shape index (κ1) is 21.8. The van der Waals surface area contributed by atoms with E-state index < -0.39 is 5.97 Å². The topological polar surface area (TPSA) is 70.0 Å². The molecule has 0 aliphatic carbocycles. The van der Waals surface area contributed by atoms with Crippen molar-refractivity contribution in [2.75, 3.05) is 26.2 Å². The van der Waals surface area contributed by atoms with Crippen LogP contribution in [0.1, 0.15) is 40.8 Å². The average molecular weight is 436 g/mol. The summed E-state index contributed by atoms with van der Waals surface area (Å²) in [4.78, 5) is 14.9. The Kier molecular flexibility index (Phi) is 7.35. The first-order valence-corrected chi connectivity index (χ1v) is 10.6. The Balaban J connectivity index is 0.00000240. The number of hydrogen-bond donors (Lipinski definition) is 2. The van der Waals surface area contributed by atoms with Gasteiger partial charge in [-0.05, 0) is 48.4 Å². The molecule has 0 bridgehead atoms. The Morgan fingerprint density at radius 1 is 1.21 bits per heavy atom. The number of ether oxygens (including phenoxy) is 1. The number of nitrogens with zero attached hydrogens (tertiary/aromatic N) is 1. The van der Waals surface area contributed by atoms with Crippen LogP contribution in [-0.4, -0.2) is 47.3 Å². The van der Waals surface area contributed by atoms with Crippen molar-refractivity contribution in [3.63, 3.8) is 0 Å². The van der Waals surface area contributed by atoms with Crippen LogP contribution in [0.4, 0.5) is 0 Å². The summed E-state index contributed by atoms with van der Waals surface area (Å²) >= 11 is 1.74. The number of carboxylic acids is 1. The van der Waals surface area contributed by atoms with Gasteiger partial charge in [0.2, 0.25) is 0 Å². The molecule has 3 heterocycles. The summed E-state index contributed by atoms with van der Waals surface area (Å²) in [5, 5.41) is 20.4. The molecule has 2 aliphatic heterocycles. The number of piperidine rings is 1. The van der Waals surface area contributed by atoms with Gasteiger partial charge >= 0.3 is 5.97 Å². The van der Waals surface area contributed by atoms with Gasteiger partial charge in [0, 0.05) is 47.8 Å². The standard InChI is InChI=1S/C22H25NO4S.ClH/c24-10-1-7-23-8-4-16(5-9-23)21-18-12-15(13-20(25)26)2-3-19(18)27-14-17-6-11-28-22(17)21;/h2-3,6,11-12,24H,1,4-5,7-10,13-14H2,(H,25,26);1H. The Hall–Kier alpha value is -1.86. The first-order valence-electron chi connectivity index (χ1n) is 9.75. The van der Waals surface area contributed by atoms with Crippen molar-refractivity contribution in [1.29, 1.82) is 0 Å². The van der Waals surface area contributed by atoms with E-state index in [2.05, 4.69) is 16.3 Å². The zero-order valence-electron chi connectivity index (χ0n) is 16.2. The molecule has 0 spiro atoms. The highest BCUT2D eigenvalue weighted by Gasteiger charge is 2.26. The van der Waals surface area contributed by atoms with Gasteiger partial charge < -0.3 is 19.8 Å². The van der Waals surface area contributed by atoms with Crippen molar-refractivity contribution in [2.24, 2.45) is 0 Å². The quantitative estimate of drug-likeness (QED) is 0.743. The molecule has 0 radical (unpaired) electrons. The molecular formula is C22H26ClNO4S. The van der Waals surface area contributed by atoms with Gasteiger partial charge in [0.25, 0.3) is 0 Å². The molecule has 0 atom stereocenters. The van der Waals surface area contributed by atoms with Crippen LogP contribution in [0, 0.1) is 0 Å². The Labute approximate surface area is 181 Å². The van der Waals surface area contributed by atoms with E-state index in [0.717, 1.165) is 55.8 Å². The molecule has 0 saturated carbocycles. The van der Waals surface area contributed by atoms with Gasteiger partial charge in [-0.1, -0.05) is 11.6 Å². The third-order valence-electron chi connectivity index (χ3n) is 5.47. The second-order valence-corrected chi connectivity index (χ2v) is 8.28. The normalized spacial score (nSPS) is 16.3. The number of aliphatic hydroxyl groups excluding tert-OH is 1. The Morgan fingerprint density at radius 2 is 2.00 bits per heavy atom. The van der Waals surface area contributed by atoms with E-state index >= 15 is 0 Å². The van der Waals surface area contributed by atoms with E-state index in [1.165, 1.54) is 21.6 Å². The summed E-state index contributed by atoms with van der Waals surface area (Å²) in [6, 6.07) is 7.90. The second-order valence-electron chi connectivity index (χ2n) is 7.36. The highest BCUT2D eigenvalue weighted by Crippen LogP contribution is 2.43. The summed E-state index contributed by atoms with van der Waals surface area (Å²) in [6.45, 7) is 3.70. The number of thiophene rings is 1. The molecule has 1 aromatic heterocycles. The highest BCUT2D eigenvalue weighted by atomic mass is 35.5. The molecule has 0 amide bonds. The zero-order chi connectivity index (χ0) is 19.5. The fourth-order valence-corrected chi connectivity index (χ4v) is 5.09. The smallest absolute Gasteiger partial charge is 0.307 e. The molecule has 1 saturated heterocycles.